The van der Waals surface area contributed by atoms with E-state index < -0.39 is 10.8 Å². The molecule has 0 radical (unpaired) electrons. The number of rotatable bonds is 1. The molecular formula is C10H14OS. The van der Waals surface area contributed by atoms with E-state index in [-0.39, 0.29) is 0 Å². The summed E-state index contributed by atoms with van der Waals surface area (Å²) >= 11 is 0. The number of terminal acetylenes is 1. The Morgan fingerprint density at radius 2 is 1.92 bits per heavy atom. The van der Waals surface area contributed by atoms with E-state index in [0.717, 1.165) is 19.3 Å². The third-order valence-electron chi connectivity index (χ3n) is 3.07. The highest BCUT2D eigenvalue weighted by Gasteiger charge is 2.39. The SMILES string of the molecule is C#CCC1CC2CCC(C1)S2=O. The van der Waals surface area contributed by atoms with E-state index in [4.69, 9.17) is 6.42 Å². The maximum absolute atomic E-state index is 11.6. The third kappa shape index (κ3) is 1.31. The highest BCUT2D eigenvalue weighted by Crippen LogP contribution is 2.39. The summed E-state index contributed by atoms with van der Waals surface area (Å²) in [5, 5.41) is 0.976. The minimum Gasteiger partial charge on any atom is -0.259 e. The van der Waals surface area contributed by atoms with Crippen LogP contribution in [0.3, 0.4) is 0 Å². The van der Waals surface area contributed by atoms with E-state index in [1.165, 1.54) is 12.8 Å². The molecule has 0 saturated carbocycles. The van der Waals surface area contributed by atoms with Crippen LogP contribution in [0, 0.1) is 18.3 Å². The summed E-state index contributed by atoms with van der Waals surface area (Å²) in [5.74, 6) is 3.39. The molecule has 2 rings (SSSR count). The first-order valence-electron chi connectivity index (χ1n) is 4.64. The van der Waals surface area contributed by atoms with E-state index in [9.17, 15) is 4.21 Å². The fourth-order valence-corrected chi connectivity index (χ4v) is 4.68. The molecule has 2 aliphatic heterocycles. The molecule has 0 N–H and O–H groups in total. The topological polar surface area (TPSA) is 17.1 Å². The normalized spacial score (nSPS) is 45.6. The van der Waals surface area contributed by atoms with Crippen molar-refractivity contribution in [3.05, 3.63) is 0 Å². The fourth-order valence-electron chi connectivity index (χ4n) is 2.47. The largest absolute Gasteiger partial charge is 0.259 e. The van der Waals surface area contributed by atoms with E-state index >= 15 is 0 Å². The van der Waals surface area contributed by atoms with Gasteiger partial charge in [-0.15, -0.1) is 12.3 Å². The van der Waals surface area contributed by atoms with Gasteiger partial charge < -0.3 is 0 Å². The molecule has 2 heteroatoms. The first-order chi connectivity index (χ1) is 5.81. The second-order valence-corrected chi connectivity index (χ2v) is 5.89. The van der Waals surface area contributed by atoms with Crippen LogP contribution in [0.15, 0.2) is 0 Å². The molecule has 1 nitrogen and oxygen atoms in total. The molecule has 0 amide bonds. The molecule has 2 bridgehead atoms. The van der Waals surface area contributed by atoms with Crippen molar-refractivity contribution < 1.29 is 4.21 Å². The summed E-state index contributed by atoms with van der Waals surface area (Å²) in [6.07, 6.45) is 10.8. The van der Waals surface area contributed by atoms with E-state index in [1.807, 2.05) is 0 Å². The van der Waals surface area contributed by atoms with Crippen molar-refractivity contribution in [2.24, 2.45) is 5.92 Å². The van der Waals surface area contributed by atoms with Crippen LogP contribution >= 0.6 is 0 Å². The molecule has 0 aromatic rings. The van der Waals surface area contributed by atoms with Crippen LogP contribution in [0.5, 0.6) is 0 Å². The van der Waals surface area contributed by atoms with Gasteiger partial charge in [0.15, 0.2) is 0 Å². The van der Waals surface area contributed by atoms with Gasteiger partial charge in [-0.05, 0) is 31.6 Å². The van der Waals surface area contributed by atoms with Gasteiger partial charge in [0.05, 0.1) is 0 Å². The molecule has 0 aromatic heterocycles. The van der Waals surface area contributed by atoms with Crippen LogP contribution in [0.1, 0.15) is 32.1 Å². The Balaban J connectivity index is 2.03. The standard InChI is InChI=1S/C10H14OS/c1-2-3-8-6-9-4-5-10(7-8)12(9)11/h1,8-10H,3-7H2. The van der Waals surface area contributed by atoms with Crippen LogP contribution in [0.25, 0.3) is 0 Å². The van der Waals surface area contributed by atoms with Crippen LogP contribution in [-0.2, 0) is 10.8 Å². The molecule has 66 valence electrons. The highest BCUT2D eigenvalue weighted by molar-refractivity contribution is 7.86. The van der Waals surface area contributed by atoms with Gasteiger partial charge in [0.2, 0.25) is 0 Å². The second kappa shape index (κ2) is 3.22. The van der Waals surface area contributed by atoms with Crippen LogP contribution in [0.4, 0.5) is 0 Å². The third-order valence-corrected chi connectivity index (χ3v) is 5.24. The van der Waals surface area contributed by atoms with Crippen LogP contribution in [-0.4, -0.2) is 14.7 Å². The van der Waals surface area contributed by atoms with Crippen molar-refractivity contribution in [3.63, 3.8) is 0 Å². The Hall–Kier alpha value is -0.290. The van der Waals surface area contributed by atoms with Crippen LogP contribution < -0.4 is 0 Å². The van der Waals surface area contributed by atoms with Gasteiger partial charge in [-0.2, -0.15) is 0 Å². The monoisotopic (exact) mass is 182 g/mol. The Kier molecular flexibility index (Phi) is 2.23. The lowest BCUT2D eigenvalue weighted by Gasteiger charge is -2.25. The Morgan fingerprint density at radius 3 is 2.42 bits per heavy atom. The summed E-state index contributed by atoms with van der Waals surface area (Å²) in [7, 11) is -0.511. The number of fused-ring (bicyclic) bond motifs is 2. The second-order valence-electron chi connectivity index (χ2n) is 3.90. The average molecular weight is 182 g/mol. The molecule has 2 aliphatic rings. The number of hydrogen-bond acceptors (Lipinski definition) is 1. The molecule has 0 spiro atoms. The summed E-state index contributed by atoms with van der Waals surface area (Å²) in [6, 6.07) is 0. The molecule has 0 aromatic carbocycles. The molecule has 2 saturated heterocycles. The van der Waals surface area contributed by atoms with Crippen molar-refractivity contribution in [3.8, 4) is 12.3 Å². The van der Waals surface area contributed by atoms with Crippen molar-refractivity contribution in [2.45, 2.75) is 42.6 Å². The quantitative estimate of drug-likeness (QED) is 0.564. The van der Waals surface area contributed by atoms with Gasteiger partial charge >= 0.3 is 0 Å². The summed E-state index contributed by atoms with van der Waals surface area (Å²) in [6.45, 7) is 0. The lowest BCUT2D eigenvalue weighted by atomic mass is 9.96. The minimum absolute atomic E-state index is 0.488. The maximum Gasteiger partial charge on any atom is 0.0354 e. The molecule has 2 heterocycles. The fraction of sp³-hybridized carbons (Fsp3) is 0.800. The van der Waals surface area contributed by atoms with Crippen LogP contribution in [0.2, 0.25) is 0 Å². The summed E-state index contributed by atoms with van der Waals surface area (Å²) in [5.41, 5.74) is 0. The Bertz CT molecular complexity index is 225. The molecule has 12 heavy (non-hydrogen) atoms. The predicted octanol–water partition coefficient (Wildman–Crippen LogP) is 1.70. The van der Waals surface area contributed by atoms with Crippen molar-refractivity contribution in [1.82, 2.24) is 0 Å². The summed E-state index contributed by atoms with van der Waals surface area (Å²) in [4.78, 5) is 0. The zero-order chi connectivity index (χ0) is 8.55. The smallest absolute Gasteiger partial charge is 0.0354 e. The van der Waals surface area contributed by atoms with Crippen molar-refractivity contribution in [2.75, 3.05) is 0 Å². The molecule has 2 fully saturated rings. The van der Waals surface area contributed by atoms with E-state index in [2.05, 4.69) is 5.92 Å². The van der Waals surface area contributed by atoms with Gasteiger partial charge in [-0.3, -0.25) is 4.21 Å². The lowest BCUT2D eigenvalue weighted by Crippen LogP contribution is -2.27. The van der Waals surface area contributed by atoms with Gasteiger partial charge in [0.1, 0.15) is 0 Å². The van der Waals surface area contributed by atoms with Gasteiger partial charge in [-0.25, -0.2) is 0 Å². The first kappa shape index (κ1) is 8.31. The van der Waals surface area contributed by atoms with Crippen molar-refractivity contribution in [1.29, 1.82) is 0 Å². The van der Waals surface area contributed by atoms with E-state index in [0.29, 0.717) is 16.4 Å². The Morgan fingerprint density at radius 1 is 1.33 bits per heavy atom. The van der Waals surface area contributed by atoms with Gasteiger partial charge in [0, 0.05) is 27.7 Å². The van der Waals surface area contributed by atoms with Gasteiger partial charge in [-0.1, -0.05) is 0 Å². The predicted molar refractivity (Wildman–Crippen MR) is 51.1 cm³/mol. The average Bonchev–Trinajstić information content (AvgIpc) is 2.33. The van der Waals surface area contributed by atoms with Gasteiger partial charge in [0.25, 0.3) is 0 Å². The Labute approximate surface area is 76.4 Å². The zero-order valence-electron chi connectivity index (χ0n) is 7.16. The van der Waals surface area contributed by atoms with E-state index in [1.54, 1.807) is 0 Å². The lowest BCUT2D eigenvalue weighted by molar-refractivity contribution is 0.453. The van der Waals surface area contributed by atoms with Crippen molar-refractivity contribution >= 4 is 10.8 Å². The molecule has 2 atom stereocenters. The molecule has 2 unspecified atom stereocenters. The zero-order valence-corrected chi connectivity index (χ0v) is 7.98. The minimum atomic E-state index is -0.511. The first-order valence-corrected chi connectivity index (χ1v) is 5.91. The molecular weight excluding hydrogens is 168 g/mol. The molecule has 0 aliphatic carbocycles. The number of hydrogen-bond donors (Lipinski definition) is 0. The highest BCUT2D eigenvalue weighted by atomic mass is 32.2. The maximum atomic E-state index is 11.6. The summed E-state index contributed by atoms with van der Waals surface area (Å²) < 4.78 is 11.6.